The average molecular weight is 524 g/mol. The molecule has 0 saturated heterocycles. The van der Waals surface area contributed by atoms with Gasteiger partial charge in [0.15, 0.2) is 0 Å². The van der Waals surface area contributed by atoms with E-state index in [4.69, 9.17) is 9.97 Å². The third-order valence-corrected chi connectivity index (χ3v) is 8.50. The van der Waals surface area contributed by atoms with E-state index >= 15 is 0 Å². The number of benzene rings is 3. The molecule has 40 heavy (non-hydrogen) atoms. The third-order valence-electron chi connectivity index (χ3n) is 8.50. The van der Waals surface area contributed by atoms with Crippen LogP contribution in [0.4, 0.5) is 0 Å². The van der Waals surface area contributed by atoms with Gasteiger partial charge in [-0.2, -0.15) is 0 Å². The molecule has 0 amide bonds. The van der Waals surface area contributed by atoms with Crippen LogP contribution < -0.4 is 0 Å². The van der Waals surface area contributed by atoms with Crippen molar-refractivity contribution in [1.29, 1.82) is 0 Å². The minimum absolute atomic E-state index is 0.676. The van der Waals surface area contributed by atoms with E-state index in [1.807, 2.05) is 12.3 Å². The molecular weight excluding hydrogens is 486 g/mol. The number of nitrogens with one attached hydrogen (secondary N) is 1. The van der Waals surface area contributed by atoms with Crippen LogP contribution in [0.25, 0.3) is 50.9 Å². The van der Waals surface area contributed by atoms with Gasteiger partial charge in [-0.3, -0.25) is 4.98 Å². The lowest BCUT2D eigenvalue weighted by molar-refractivity contribution is 0.324. The fourth-order valence-corrected chi connectivity index (χ4v) is 6.23. The van der Waals surface area contributed by atoms with Crippen molar-refractivity contribution in [3.8, 4) is 33.8 Å². The van der Waals surface area contributed by atoms with Crippen LogP contribution >= 0.6 is 0 Å². The number of hydrogen-bond acceptors (Lipinski definition) is 2. The Hall–Kier alpha value is -4.24. The Bertz CT molecular complexity index is 1660. The van der Waals surface area contributed by atoms with Crippen molar-refractivity contribution in [3.05, 3.63) is 114 Å². The maximum absolute atomic E-state index is 4.84. The van der Waals surface area contributed by atoms with Crippen LogP contribution in [-0.4, -0.2) is 15.0 Å². The van der Waals surface area contributed by atoms with E-state index in [1.165, 1.54) is 59.9 Å². The molecule has 2 aromatic heterocycles. The minimum Gasteiger partial charge on any atom is -0.338 e. The Labute approximate surface area is 237 Å². The first kappa shape index (κ1) is 26.0. The maximum Gasteiger partial charge on any atom is 0.140 e. The average Bonchev–Trinajstić information content (AvgIpc) is 3.41. The summed E-state index contributed by atoms with van der Waals surface area (Å²) in [5, 5.41) is 0. The van der Waals surface area contributed by atoms with Crippen LogP contribution in [0.5, 0.6) is 0 Å². The summed E-state index contributed by atoms with van der Waals surface area (Å²) in [5.41, 5.74) is 12.6. The first-order valence-corrected chi connectivity index (χ1v) is 14.4. The van der Waals surface area contributed by atoms with E-state index < -0.39 is 0 Å². The van der Waals surface area contributed by atoms with Crippen LogP contribution in [0.3, 0.4) is 0 Å². The second-order valence-electron chi connectivity index (χ2n) is 11.5. The molecule has 0 radical (unpaired) electrons. The van der Waals surface area contributed by atoms with Crippen LogP contribution in [-0.2, 0) is 0 Å². The summed E-state index contributed by atoms with van der Waals surface area (Å²) < 4.78 is 0. The summed E-state index contributed by atoms with van der Waals surface area (Å²) in [7, 11) is 0. The van der Waals surface area contributed by atoms with Gasteiger partial charge in [0.05, 0.1) is 16.7 Å². The molecule has 0 unspecified atom stereocenters. The summed E-state index contributed by atoms with van der Waals surface area (Å²) in [4.78, 5) is 13.1. The highest BCUT2D eigenvalue weighted by molar-refractivity contribution is 5.85. The lowest BCUT2D eigenvalue weighted by Gasteiger charge is -2.29. The number of H-pyrrole nitrogens is 1. The van der Waals surface area contributed by atoms with Gasteiger partial charge in [0.1, 0.15) is 5.82 Å². The number of rotatable bonds is 7. The highest BCUT2D eigenvalue weighted by Crippen LogP contribution is 2.38. The molecule has 6 rings (SSSR count). The molecule has 3 aromatic carbocycles. The molecule has 0 bridgehead atoms. The van der Waals surface area contributed by atoms with E-state index in [1.54, 1.807) is 0 Å². The molecule has 0 aliphatic heterocycles. The SMILES string of the molecule is C=Cc1ccc(-c2ccc3nc(-c4ccc(-c5ccc(C6CCC(CC(=C)C)CC6)cc5)nc4)[nH]c3c2)cc1C. The van der Waals surface area contributed by atoms with Gasteiger partial charge in [0.25, 0.3) is 0 Å². The summed E-state index contributed by atoms with van der Waals surface area (Å²) in [6.45, 7) is 12.3. The van der Waals surface area contributed by atoms with Gasteiger partial charge in [-0.1, -0.05) is 66.8 Å². The summed E-state index contributed by atoms with van der Waals surface area (Å²) in [6, 6.07) is 26.1. The van der Waals surface area contributed by atoms with Crippen molar-refractivity contribution < 1.29 is 0 Å². The second-order valence-corrected chi connectivity index (χ2v) is 11.5. The Morgan fingerprint density at radius 3 is 2.25 bits per heavy atom. The molecule has 200 valence electrons. The predicted molar refractivity (Wildman–Crippen MR) is 169 cm³/mol. The number of pyridine rings is 1. The molecule has 0 spiro atoms. The quantitative estimate of drug-likeness (QED) is 0.216. The van der Waals surface area contributed by atoms with Gasteiger partial charge in [0.2, 0.25) is 0 Å². The maximum atomic E-state index is 4.84. The topological polar surface area (TPSA) is 41.6 Å². The van der Waals surface area contributed by atoms with Gasteiger partial charge in [-0.05, 0) is 110 Å². The highest BCUT2D eigenvalue weighted by atomic mass is 14.9. The number of aromatic nitrogens is 3. The Balaban J connectivity index is 1.16. The van der Waals surface area contributed by atoms with Crippen LogP contribution in [0.1, 0.15) is 61.6 Å². The highest BCUT2D eigenvalue weighted by Gasteiger charge is 2.22. The number of hydrogen-bond donors (Lipinski definition) is 1. The largest absolute Gasteiger partial charge is 0.338 e. The normalized spacial score (nSPS) is 17.1. The number of allylic oxidation sites excluding steroid dienone is 1. The van der Waals surface area contributed by atoms with Gasteiger partial charge in [-0.25, -0.2) is 4.98 Å². The fourth-order valence-electron chi connectivity index (χ4n) is 6.23. The van der Waals surface area contributed by atoms with Gasteiger partial charge in [-0.15, -0.1) is 6.58 Å². The molecule has 3 heteroatoms. The first-order valence-electron chi connectivity index (χ1n) is 14.4. The van der Waals surface area contributed by atoms with Crippen molar-refractivity contribution in [2.24, 2.45) is 5.92 Å². The van der Waals surface area contributed by atoms with E-state index in [0.29, 0.717) is 5.92 Å². The summed E-state index contributed by atoms with van der Waals surface area (Å²) in [5.74, 6) is 2.33. The number of aryl methyl sites for hydroxylation is 1. The molecule has 1 fully saturated rings. The van der Waals surface area contributed by atoms with Crippen molar-refractivity contribution >= 4 is 17.1 Å². The molecule has 2 heterocycles. The van der Waals surface area contributed by atoms with Crippen molar-refractivity contribution in [2.75, 3.05) is 0 Å². The van der Waals surface area contributed by atoms with Crippen LogP contribution in [0.2, 0.25) is 0 Å². The number of aromatic amines is 1. The van der Waals surface area contributed by atoms with Crippen molar-refractivity contribution in [3.63, 3.8) is 0 Å². The van der Waals surface area contributed by atoms with Crippen LogP contribution in [0, 0.1) is 12.8 Å². The van der Waals surface area contributed by atoms with E-state index in [9.17, 15) is 0 Å². The zero-order chi connectivity index (χ0) is 27.6. The van der Waals surface area contributed by atoms with E-state index in [0.717, 1.165) is 45.2 Å². The van der Waals surface area contributed by atoms with Crippen molar-refractivity contribution in [2.45, 2.75) is 51.9 Å². The lowest BCUT2D eigenvalue weighted by Crippen LogP contribution is -2.13. The number of imidazole rings is 1. The van der Waals surface area contributed by atoms with Crippen molar-refractivity contribution in [1.82, 2.24) is 15.0 Å². The fraction of sp³-hybridized carbons (Fsp3) is 0.243. The second kappa shape index (κ2) is 11.1. The Kier molecular flexibility index (Phi) is 7.21. The smallest absolute Gasteiger partial charge is 0.140 e. The molecule has 3 nitrogen and oxygen atoms in total. The predicted octanol–water partition coefficient (Wildman–Crippen LogP) is 10.2. The summed E-state index contributed by atoms with van der Waals surface area (Å²) in [6.07, 6.45) is 10.2. The van der Waals surface area contributed by atoms with Gasteiger partial charge < -0.3 is 4.98 Å². The van der Waals surface area contributed by atoms with Crippen LogP contribution in [0.15, 0.2) is 97.7 Å². The monoisotopic (exact) mass is 523 g/mol. The molecule has 1 N–H and O–H groups in total. The third kappa shape index (κ3) is 5.42. The van der Waals surface area contributed by atoms with Gasteiger partial charge >= 0.3 is 0 Å². The molecule has 1 aliphatic carbocycles. The molecule has 1 saturated carbocycles. The lowest BCUT2D eigenvalue weighted by atomic mass is 9.77. The van der Waals surface area contributed by atoms with E-state index in [-0.39, 0.29) is 0 Å². The number of nitrogens with zero attached hydrogens (tertiary/aromatic N) is 2. The van der Waals surface area contributed by atoms with Gasteiger partial charge in [0, 0.05) is 17.3 Å². The zero-order valence-corrected chi connectivity index (χ0v) is 23.6. The molecular formula is C37H37N3. The Morgan fingerprint density at radius 1 is 0.875 bits per heavy atom. The number of fused-ring (bicyclic) bond motifs is 1. The standard InChI is InChI=1S/C37H37N3/c1-5-27-10-15-31(21-25(27)4)32-16-19-35-36(22-32)40-37(39-35)33-17-18-34(38-23-33)30-13-11-29(12-14-30)28-8-6-26(7-9-28)20-24(2)3/h5,10-19,21-23,26,28H,1-2,6-9,20H2,3-4H3,(H,39,40). The Morgan fingerprint density at radius 2 is 1.57 bits per heavy atom. The molecule has 0 atom stereocenters. The molecule has 1 aliphatic rings. The van der Waals surface area contributed by atoms with E-state index in [2.05, 4.69) is 105 Å². The first-order chi connectivity index (χ1) is 19.5. The zero-order valence-electron chi connectivity index (χ0n) is 23.6. The summed E-state index contributed by atoms with van der Waals surface area (Å²) >= 11 is 0. The minimum atomic E-state index is 0.676. The molecule has 5 aromatic rings.